The maximum absolute atomic E-state index is 6.21. The van der Waals surface area contributed by atoms with Crippen LogP contribution in [0.4, 0.5) is 0 Å². The van der Waals surface area contributed by atoms with Crippen molar-refractivity contribution >= 4 is 23.2 Å². The Morgan fingerprint density at radius 2 is 1.65 bits per heavy atom. The highest BCUT2D eigenvalue weighted by Crippen LogP contribution is 2.31. The average molecular weight is 313 g/mol. The van der Waals surface area contributed by atoms with E-state index in [9.17, 15) is 0 Å². The molecule has 0 spiro atoms. The van der Waals surface area contributed by atoms with Crippen LogP contribution in [-0.4, -0.2) is 19.2 Å². The van der Waals surface area contributed by atoms with Crippen molar-refractivity contribution in [3.8, 4) is 11.5 Å². The van der Waals surface area contributed by atoms with Crippen molar-refractivity contribution in [2.24, 2.45) is 5.73 Å². The van der Waals surface area contributed by atoms with Crippen molar-refractivity contribution in [1.82, 2.24) is 4.98 Å². The number of nitrogens with two attached hydrogens (primary N) is 1. The monoisotopic (exact) mass is 312 g/mol. The summed E-state index contributed by atoms with van der Waals surface area (Å²) < 4.78 is 10.4. The van der Waals surface area contributed by atoms with Crippen molar-refractivity contribution in [3.63, 3.8) is 0 Å². The summed E-state index contributed by atoms with van der Waals surface area (Å²) in [4.78, 5) is 4.19. The van der Waals surface area contributed by atoms with Crippen LogP contribution in [0.15, 0.2) is 30.5 Å². The van der Waals surface area contributed by atoms with E-state index >= 15 is 0 Å². The van der Waals surface area contributed by atoms with Gasteiger partial charge in [0.1, 0.15) is 11.5 Å². The fourth-order valence-corrected chi connectivity index (χ4v) is 2.32. The van der Waals surface area contributed by atoms with Crippen LogP contribution in [0.5, 0.6) is 11.5 Å². The maximum atomic E-state index is 6.21. The van der Waals surface area contributed by atoms with Crippen LogP contribution in [0.25, 0.3) is 0 Å². The number of ether oxygens (including phenoxy) is 2. The molecule has 6 heteroatoms. The molecule has 2 rings (SSSR count). The third-order valence-electron chi connectivity index (χ3n) is 2.86. The van der Waals surface area contributed by atoms with E-state index in [-0.39, 0.29) is 0 Å². The molecule has 2 aromatic rings. The predicted octanol–water partition coefficient (Wildman–Crippen LogP) is 3.45. The topological polar surface area (TPSA) is 57.4 Å². The van der Waals surface area contributed by atoms with Crippen LogP contribution in [0.1, 0.15) is 17.3 Å². The number of methoxy groups -OCH3 is 2. The number of rotatable bonds is 4. The molecule has 20 heavy (non-hydrogen) atoms. The summed E-state index contributed by atoms with van der Waals surface area (Å²) in [5.41, 5.74) is 7.55. The van der Waals surface area contributed by atoms with Gasteiger partial charge in [0.25, 0.3) is 0 Å². The molecule has 1 aromatic carbocycles. The first-order valence-electron chi connectivity index (χ1n) is 5.84. The second kappa shape index (κ2) is 6.31. The highest BCUT2D eigenvalue weighted by Gasteiger charge is 2.16. The Morgan fingerprint density at radius 3 is 2.15 bits per heavy atom. The quantitative estimate of drug-likeness (QED) is 0.939. The second-order valence-corrected chi connectivity index (χ2v) is 4.99. The van der Waals surface area contributed by atoms with Crippen LogP contribution in [-0.2, 0) is 0 Å². The van der Waals surface area contributed by atoms with E-state index in [1.807, 2.05) is 12.1 Å². The van der Waals surface area contributed by atoms with Gasteiger partial charge in [0.2, 0.25) is 0 Å². The Morgan fingerprint density at radius 1 is 1.05 bits per heavy atom. The van der Waals surface area contributed by atoms with Gasteiger partial charge in [-0.1, -0.05) is 23.2 Å². The normalized spacial score (nSPS) is 12.1. The summed E-state index contributed by atoms with van der Waals surface area (Å²) >= 11 is 12.0. The SMILES string of the molecule is COc1cc(OC)cc(C(N)c2ncc(Cl)cc2Cl)c1. The van der Waals surface area contributed by atoms with Gasteiger partial charge >= 0.3 is 0 Å². The van der Waals surface area contributed by atoms with Crippen LogP contribution in [0.3, 0.4) is 0 Å². The summed E-state index contributed by atoms with van der Waals surface area (Å²) in [7, 11) is 3.16. The van der Waals surface area contributed by atoms with E-state index in [4.69, 9.17) is 38.4 Å². The molecule has 0 amide bonds. The summed E-state index contributed by atoms with van der Waals surface area (Å²) in [6.07, 6.45) is 1.51. The minimum absolute atomic E-state index is 0.423. The molecule has 4 nitrogen and oxygen atoms in total. The molecule has 0 bridgehead atoms. The first-order chi connectivity index (χ1) is 9.55. The summed E-state index contributed by atoms with van der Waals surface area (Å²) in [5, 5.41) is 0.890. The van der Waals surface area contributed by atoms with E-state index < -0.39 is 6.04 Å². The van der Waals surface area contributed by atoms with E-state index in [2.05, 4.69) is 4.98 Å². The van der Waals surface area contributed by atoms with Crippen LogP contribution < -0.4 is 15.2 Å². The fourth-order valence-electron chi connectivity index (χ4n) is 1.82. The van der Waals surface area contributed by atoms with Gasteiger partial charge in [-0.2, -0.15) is 0 Å². The zero-order valence-corrected chi connectivity index (χ0v) is 12.6. The number of hydrogen-bond donors (Lipinski definition) is 1. The Hall–Kier alpha value is -1.49. The minimum Gasteiger partial charge on any atom is -0.497 e. The van der Waals surface area contributed by atoms with Gasteiger partial charge in [-0.25, -0.2) is 0 Å². The van der Waals surface area contributed by atoms with Crippen LogP contribution >= 0.6 is 23.2 Å². The third kappa shape index (κ3) is 3.15. The van der Waals surface area contributed by atoms with Gasteiger partial charge in [0.15, 0.2) is 0 Å². The molecule has 1 atom stereocenters. The van der Waals surface area contributed by atoms with Crippen molar-refractivity contribution in [2.45, 2.75) is 6.04 Å². The molecule has 0 aliphatic heterocycles. The van der Waals surface area contributed by atoms with Gasteiger partial charge < -0.3 is 15.2 Å². The minimum atomic E-state index is -0.497. The summed E-state index contributed by atoms with van der Waals surface area (Å²) in [5.74, 6) is 1.31. The zero-order chi connectivity index (χ0) is 14.7. The number of benzene rings is 1. The lowest BCUT2D eigenvalue weighted by atomic mass is 10.0. The van der Waals surface area contributed by atoms with Gasteiger partial charge in [-0.3, -0.25) is 4.98 Å². The zero-order valence-electron chi connectivity index (χ0n) is 11.1. The molecule has 0 saturated carbocycles. The smallest absolute Gasteiger partial charge is 0.122 e. The van der Waals surface area contributed by atoms with Gasteiger partial charge in [-0.15, -0.1) is 0 Å². The molecule has 1 heterocycles. The molecule has 1 unspecified atom stereocenters. The molecule has 0 fully saturated rings. The number of halogens is 2. The lowest BCUT2D eigenvalue weighted by Gasteiger charge is -2.15. The molecule has 0 radical (unpaired) electrons. The Balaban J connectivity index is 2.44. The largest absolute Gasteiger partial charge is 0.497 e. The highest BCUT2D eigenvalue weighted by atomic mass is 35.5. The standard InChI is InChI=1S/C14H14Cl2N2O2/c1-19-10-3-8(4-11(6-10)20-2)13(17)14-12(16)5-9(15)7-18-14/h3-7,13H,17H2,1-2H3. The number of aromatic nitrogens is 1. The van der Waals surface area contributed by atoms with E-state index in [0.717, 1.165) is 5.56 Å². The van der Waals surface area contributed by atoms with Crippen LogP contribution in [0, 0.1) is 0 Å². The van der Waals surface area contributed by atoms with E-state index in [1.165, 1.54) is 6.20 Å². The molecular weight excluding hydrogens is 299 g/mol. The molecule has 0 saturated heterocycles. The predicted molar refractivity (Wildman–Crippen MR) is 79.8 cm³/mol. The lowest BCUT2D eigenvalue weighted by Crippen LogP contribution is -2.14. The number of nitrogens with zero attached hydrogens (tertiary/aromatic N) is 1. The van der Waals surface area contributed by atoms with Crippen molar-refractivity contribution < 1.29 is 9.47 Å². The maximum Gasteiger partial charge on any atom is 0.122 e. The van der Waals surface area contributed by atoms with Crippen molar-refractivity contribution in [3.05, 3.63) is 51.8 Å². The van der Waals surface area contributed by atoms with Crippen molar-refractivity contribution in [2.75, 3.05) is 14.2 Å². The van der Waals surface area contributed by atoms with Crippen molar-refractivity contribution in [1.29, 1.82) is 0 Å². The highest BCUT2D eigenvalue weighted by molar-refractivity contribution is 6.34. The molecule has 0 aliphatic rings. The Labute approximate surface area is 127 Å². The third-order valence-corrected chi connectivity index (χ3v) is 3.37. The Kier molecular flexibility index (Phi) is 4.70. The number of hydrogen-bond acceptors (Lipinski definition) is 4. The molecule has 0 aliphatic carbocycles. The van der Waals surface area contributed by atoms with Gasteiger partial charge in [-0.05, 0) is 23.8 Å². The first-order valence-corrected chi connectivity index (χ1v) is 6.60. The molecule has 1 aromatic heterocycles. The molecule has 106 valence electrons. The van der Waals surface area contributed by atoms with E-state index in [0.29, 0.717) is 27.2 Å². The van der Waals surface area contributed by atoms with Gasteiger partial charge in [0, 0.05) is 12.3 Å². The number of pyridine rings is 1. The second-order valence-electron chi connectivity index (χ2n) is 4.14. The van der Waals surface area contributed by atoms with E-state index in [1.54, 1.807) is 26.4 Å². The Bertz CT molecular complexity index is 598. The summed E-state index contributed by atoms with van der Waals surface area (Å²) in [6, 6.07) is 6.53. The summed E-state index contributed by atoms with van der Waals surface area (Å²) in [6.45, 7) is 0. The molecular formula is C14H14Cl2N2O2. The fraction of sp³-hybridized carbons (Fsp3) is 0.214. The molecule has 2 N–H and O–H groups in total. The first kappa shape index (κ1) is 14.9. The van der Waals surface area contributed by atoms with Crippen LogP contribution in [0.2, 0.25) is 10.0 Å². The lowest BCUT2D eigenvalue weighted by molar-refractivity contribution is 0.393. The average Bonchev–Trinajstić information content (AvgIpc) is 2.46. The van der Waals surface area contributed by atoms with Gasteiger partial charge in [0.05, 0.1) is 36.0 Å².